The normalized spacial score (nSPS) is 32.5. The molecule has 2 nitrogen and oxygen atoms in total. The minimum atomic E-state index is 0.745. The third-order valence-corrected chi connectivity index (χ3v) is 5.49. The van der Waals surface area contributed by atoms with E-state index >= 15 is 0 Å². The van der Waals surface area contributed by atoms with Gasteiger partial charge in [-0.3, -0.25) is 9.80 Å². The molecule has 3 unspecified atom stereocenters. The third-order valence-electron chi connectivity index (χ3n) is 5.49. The van der Waals surface area contributed by atoms with Crippen LogP contribution < -0.4 is 0 Å². The average Bonchev–Trinajstić information content (AvgIpc) is 2.39. The highest BCUT2D eigenvalue weighted by atomic mass is 15.3. The van der Waals surface area contributed by atoms with E-state index < -0.39 is 0 Å². The fourth-order valence-electron chi connectivity index (χ4n) is 4.18. The van der Waals surface area contributed by atoms with Crippen LogP contribution in [0, 0.1) is 5.92 Å². The van der Waals surface area contributed by atoms with Crippen LogP contribution in [0.1, 0.15) is 59.8 Å². The lowest BCUT2D eigenvalue weighted by atomic mass is 9.90. The summed E-state index contributed by atoms with van der Waals surface area (Å²) in [6.07, 6.45) is 6.96. The lowest BCUT2D eigenvalue weighted by Crippen LogP contribution is -2.61. The van der Waals surface area contributed by atoms with Crippen molar-refractivity contribution in [3.05, 3.63) is 0 Å². The Hall–Kier alpha value is -0.0800. The molecule has 2 fully saturated rings. The Balaban J connectivity index is 1.99. The Labute approximate surface area is 114 Å². The quantitative estimate of drug-likeness (QED) is 0.757. The van der Waals surface area contributed by atoms with Gasteiger partial charge in [0.25, 0.3) is 0 Å². The van der Waals surface area contributed by atoms with Crippen molar-refractivity contribution in [1.82, 2.24) is 9.80 Å². The maximum atomic E-state index is 2.81. The van der Waals surface area contributed by atoms with Crippen molar-refractivity contribution in [2.45, 2.75) is 77.9 Å². The van der Waals surface area contributed by atoms with Gasteiger partial charge in [-0.05, 0) is 39.2 Å². The van der Waals surface area contributed by atoms with Crippen molar-refractivity contribution >= 4 is 0 Å². The number of fused-ring (bicyclic) bond motifs is 1. The van der Waals surface area contributed by atoms with E-state index in [-0.39, 0.29) is 0 Å². The van der Waals surface area contributed by atoms with Gasteiger partial charge < -0.3 is 0 Å². The van der Waals surface area contributed by atoms with Crippen molar-refractivity contribution in [2.75, 3.05) is 19.6 Å². The van der Waals surface area contributed by atoms with Crippen LogP contribution in [0.25, 0.3) is 0 Å². The van der Waals surface area contributed by atoms with E-state index in [1.54, 1.807) is 0 Å². The predicted octanol–water partition coefficient (Wildman–Crippen LogP) is 3.37. The molecule has 0 saturated carbocycles. The molecule has 2 heterocycles. The second kappa shape index (κ2) is 6.38. The van der Waals surface area contributed by atoms with E-state index in [1.165, 1.54) is 51.7 Å². The summed E-state index contributed by atoms with van der Waals surface area (Å²) >= 11 is 0. The molecule has 0 aromatic heterocycles. The van der Waals surface area contributed by atoms with E-state index in [0.29, 0.717) is 0 Å². The molecule has 2 rings (SSSR count). The second-order valence-corrected chi connectivity index (χ2v) is 6.51. The van der Waals surface area contributed by atoms with Crippen LogP contribution in [0.3, 0.4) is 0 Å². The minimum Gasteiger partial charge on any atom is -0.298 e. The fraction of sp³-hybridized carbons (Fsp3) is 1.00. The van der Waals surface area contributed by atoms with Crippen LogP contribution in [0.5, 0.6) is 0 Å². The number of piperazine rings is 1. The Morgan fingerprint density at radius 2 is 1.83 bits per heavy atom. The molecule has 2 aliphatic rings. The molecule has 2 aliphatic heterocycles. The van der Waals surface area contributed by atoms with Crippen LogP contribution in [0.4, 0.5) is 0 Å². The van der Waals surface area contributed by atoms with Gasteiger partial charge >= 0.3 is 0 Å². The van der Waals surface area contributed by atoms with E-state index in [2.05, 4.69) is 37.5 Å². The Bertz CT molecular complexity index is 249. The van der Waals surface area contributed by atoms with Crippen molar-refractivity contribution in [1.29, 1.82) is 0 Å². The maximum Gasteiger partial charge on any atom is 0.0224 e. The van der Waals surface area contributed by atoms with Crippen molar-refractivity contribution in [3.63, 3.8) is 0 Å². The van der Waals surface area contributed by atoms with Gasteiger partial charge in [0, 0.05) is 31.2 Å². The molecule has 0 aromatic carbocycles. The number of nitrogens with zero attached hydrogens (tertiary/aromatic N) is 2. The SMILES string of the molecule is CCC(CC)C(C)N1CC2CCCCN2CC1C. The lowest BCUT2D eigenvalue weighted by Gasteiger charge is -2.50. The van der Waals surface area contributed by atoms with Gasteiger partial charge in [0.2, 0.25) is 0 Å². The Morgan fingerprint density at radius 1 is 1.11 bits per heavy atom. The molecule has 0 aliphatic carbocycles. The first-order chi connectivity index (χ1) is 8.67. The highest BCUT2D eigenvalue weighted by molar-refractivity contribution is 4.92. The van der Waals surface area contributed by atoms with Crippen LogP contribution >= 0.6 is 0 Å². The summed E-state index contributed by atoms with van der Waals surface area (Å²) in [6, 6.07) is 2.36. The molecular formula is C16H32N2. The van der Waals surface area contributed by atoms with Crippen molar-refractivity contribution < 1.29 is 0 Å². The summed E-state index contributed by atoms with van der Waals surface area (Å²) in [6.45, 7) is 13.6. The molecule has 3 atom stereocenters. The molecule has 2 heteroatoms. The van der Waals surface area contributed by atoms with E-state index in [1.807, 2.05) is 0 Å². The van der Waals surface area contributed by atoms with Crippen LogP contribution in [-0.2, 0) is 0 Å². The summed E-state index contributed by atoms with van der Waals surface area (Å²) in [5.41, 5.74) is 0. The van der Waals surface area contributed by atoms with Gasteiger partial charge in [0.15, 0.2) is 0 Å². The summed E-state index contributed by atoms with van der Waals surface area (Å²) in [7, 11) is 0. The molecule has 18 heavy (non-hydrogen) atoms. The van der Waals surface area contributed by atoms with Gasteiger partial charge in [-0.25, -0.2) is 0 Å². The van der Waals surface area contributed by atoms with Crippen molar-refractivity contribution in [3.8, 4) is 0 Å². The molecule has 0 aromatic rings. The highest BCUT2D eigenvalue weighted by Gasteiger charge is 2.36. The number of hydrogen-bond acceptors (Lipinski definition) is 2. The Kier molecular flexibility index (Phi) is 5.08. The first-order valence-electron chi connectivity index (χ1n) is 8.17. The van der Waals surface area contributed by atoms with Crippen LogP contribution in [0.15, 0.2) is 0 Å². The molecule has 2 saturated heterocycles. The topological polar surface area (TPSA) is 6.48 Å². The number of rotatable bonds is 4. The van der Waals surface area contributed by atoms with Crippen LogP contribution in [-0.4, -0.2) is 47.6 Å². The van der Waals surface area contributed by atoms with Gasteiger partial charge in [-0.15, -0.1) is 0 Å². The van der Waals surface area contributed by atoms with Gasteiger partial charge in [-0.2, -0.15) is 0 Å². The molecule has 0 radical (unpaired) electrons. The zero-order valence-electron chi connectivity index (χ0n) is 12.9. The summed E-state index contributed by atoms with van der Waals surface area (Å²) in [5, 5.41) is 0. The summed E-state index contributed by atoms with van der Waals surface area (Å²) in [4.78, 5) is 5.56. The van der Waals surface area contributed by atoms with Gasteiger partial charge in [-0.1, -0.05) is 33.1 Å². The van der Waals surface area contributed by atoms with Crippen LogP contribution in [0.2, 0.25) is 0 Å². The zero-order valence-corrected chi connectivity index (χ0v) is 12.9. The van der Waals surface area contributed by atoms with E-state index in [0.717, 1.165) is 24.0 Å². The standard InChI is InChI=1S/C16H32N2/c1-5-15(6-2)14(4)18-12-16-9-7-8-10-17(16)11-13(18)3/h13-16H,5-12H2,1-4H3. The van der Waals surface area contributed by atoms with Crippen molar-refractivity contribution in [2.24, 2.45) is 5.92 Å². The average molecular weight is 252 g/mol. The molecule has 0 bridgehead atoms. The molecule has 106 valence electrons. The number of hydrogen-bond donors (Lipinski definition) is 0. The van der Waals surface area contributed by atoms with E-state index in [9.17, 15) is 0 Å². The molecule has 0 spiro atoms. The van der Waals surface area contributed by atoms with Gasteiger partial charge in [0.1, 0.15) is 0 Å². The predicted molar refractivity (Wildman–Crippen MR) is 78.9 cm³/mol. The van der Waals surface area contributed by atoms with Gasteiger partial charge in [0.05, 0.1) is 0 Å². The second-order valence-electron chi connectivity index (χ2n) is 6.51. The molecular weight excluding hydrogens is 220 g/mol. The monoisotopic (exact) mass is 252 g/mol. The first-order valence-corrected chi connectivity index (χ1v) is 8.17. The Morgan fingerprint density at radius 3 is 2.50 bits per heavy atom. The largest absolute Gasteiger partial charge is 0.298 e. The molecule has 0 N–H and O–H groups in total. The maximum absolute atomic E-state index is 2.81. The summed E-state index contributed by atoms with van der Waals surface area (Å²) in [5.74, 6) is 0.877. The zero-order chi connectivity index (χ0) is 13.1. The third kappa shape index (κ3) is 2.91. The fourth-order valence-corrected chi connectivity index (χ4v) is 4.18. The lowest BCUT2D eigenvalue weighted by molar-refractivity contribution is -0.0180. The number of piperidine rings is 1. The van der Waals surface area contributed by atoms with E-state index in [4.69, 9.17) is 0 Å². The molecule has 0 amide bonds. The highest BCUT2D eigenvalue weighted by Crippen LogP contribution is 2.28. The smallest absolute Gasteiger partial charge is 0.0224 e. The minimum absolute atomic E-state index is 0.745. The summed E-state index contributed by atoms with van der Waals surface area (Å²) < 4.78 is 0. The first kappa shape index (κ1) is 14.3.